The molecular weight excluding hydrogens is 276 g/mol. The van der Waals surface area contributed by atoms with Gasteiger partial charge in [0.1, 0.15) is 0 Å². The van der Waals surface area contributed by atoms with Crippen molar-refractivity contribution < 1.29 is 24.2 Å². The maximum atomic E-state index is 12.3. The Bertz CT molecular complexity index is 599. The molecule has 2 rings (SSSR count). The second kappa shape index (κ2) is 5.92. The molecule has 1 aromatic carbocycles. The SMILES string of the molecule is CCOC(=O)C(N)C(=O)N1CCc2ccc(C(=O)O)cc21. The zero-order valence-corrected chi connectivity index (χ0v) is 11.5. The lowest BCUT2D eigenvalue weighted by atomic mass is 10.1. The molecule has 3 N–H and O–H groups in total. The summed E-state index contributed by atoms with van der Waals surface area (Å²) in [4.78, 5) is 36.1. The van der Waals surface area contributed by atoms with Gasteiger partial charge in [-0.05, 0) is 31.0 Å². The van der Waals surface area contributed by atoms with Gasteiger partial charge in [0, 0.05) is 12.2 Å². The molecule has 1 aliphatic heterocycles. The number of nitrogens with zero attached hydrogens (tertiary/aromatic N) is 1. The van der Waals surface area contributed by atoms with Crippen LogP contribution in [0.4, 0.5) is 5.69 Å². The highest BCUT2D eigenvalue weighted by Gasteiger charge is 2.33. The molecule has 1 aromatic rings. The fraction of sp³-hybridized carbons (Fsp3) is 0.357. The van der Waals surface area contributed by atoms with Crippen LogP contribution in [0.2, 0.25) is 0 Å². The molecule has 0 aliphatic carbocycles. The van der Waals surface area contributed by atoms with Crippen molar-refractivity contribution in [1.29, 1.82) is 0 Å². The number of benzene rings is 1. The number of hydrogen-bond donors (Lipinski definition) is 2. The number of ether oxygens (including phenoxy) is 1. The number of esters is 1. The largest absolute Gasteiger partial charge is 0.478 e. The van der Waals surface area contributed by atoms with Gasteiger partial charge >= 0.3 is 11.9 Å². The van der Waals surface area contributed by atoms with Crippen molar-refractivity contribution in [2.45, 2.75) is 19.4 Å². The molecule has 1 amide bonds. The fourth-order valence-corrected chi connectivity index (χ4v) is 2.24. The summed E-state index contributed by atoms with van der Waals surface area (Å²) in [6, 6.07) is 3.17. The number of carbonyl (C=O) groups excluding carboxylic acids is 2. The van der Waals surface area contributed by atoms with Crippen LogP contribution in [-0.4, -0.2) is 42.1 Å². The van der Waals surface area contributed by atoms with E-state index < -0.39 is 23.9 Å². The van der Waals surface area contributed by atoms with Crippen LogP contribution in [0.15, 0.2) is 18.2 Å². The average molecular weight is 292 g/mol. The first-order chi connectivity index (χ1) is 9.95. The Balaban J connectivity index is 2.25. The molecule has 112 valence electrons. The molecular formula is C14H16N2O5. The van der Waals surface area contributed by atoms with Crippen molar-refractivity contribution in [3.63, 3.8) is 0 Å². The average Bonchev–Trinajstić information content (AvgIpc) is 2.88. The maximum Gasteiger partial charge on any atom is 0.335 e. The van der Waals surface area contributed by atoms with Gasteiger partial charge in [0.05, 0.1) is 12.2 Å². The van der Waals surface area contributed by atoms with Crippen molar-refractivity contribution in [2.24, 2.45) is 5.73 Å². The van der Waals surface area contributed by atoms with E-state index in [0.29, 0.717) is 18.7 Å². The molecule has 1 aliphatic rings. The second-order valence-electron chi connectivity index (χ2n) is 4.62. The smallest absolute Gasteiger partial charge is 0.335 e. The summed E-state index contributed by atoms with van der Waals surface area (Å²) in [7, 11) is 0. The molecule has 7 heteroatoms. The molecule has 7 nitrogen and oxygen atoms in total. The van der Waals surface area contributed by atoms with E-state index in [9.17, 15) is 14.4 Å². The quantitative estimate of drug-likeness (QED) is 0.604. The Kier molecular flexibility index (Phi) is 4.23. The van der Waals surface area contributed by atoms with Crippen LogP contribution in [0, 0.1) is 0 Å². The number of nitrogens with two attached hydrogens (primary N) is 1. The number of hydrogen-bond acceptors (Lipinski definition) is 5. The predicted octanol–water partition coefficient (Wildman–Crippen LogP) is 0.164. The number of aromatic carboxylic acids is 1. The molecule has 1 heterocycles. The van der Waals surface area contributed by atoms with E-state index in [-0.39, 0.29) is 12.2 Å². The number of fused-ring (bicyclic) bond motifs is 1. The van der Waals surface area contributed by atoms with Crippen LogP contribution < -0.4 is 10.6 Å². The number of anilines is 1. The molecule has 1 atom stereocenters. The number of carbonyl (C=O) groups is 3. The first-order valence-corrected chi connectivity index (χ1v) is 6.55. The summed E-state index contributed by atoms with van der Waals surface area (Å²) >= 11 is 0. The van der Waals surface area contributed by atoms with Crippen molar-refractivity contribution in [3.05, 3.63) is 29.3 Å². The summed E-state index contributed by atoms with van der Waals surface area (Å²) < 4.78 is 4.73. The monoisotopic (exact) mass is 292 g/mol. The predicted molar refractivity (Wildman–Crippen MR) is 74.1 cm³/mol. The maximum absolute atomic E-state index is 12.3. The third-order valence-electron chi connectivity index (χ3n) is 3.30. The number of carboxylic acids is 1. The van der Waals surface area contributed by atoms with Gasteiger partial charge in [-0.1, -0.05) is 6.07 Å². The first-order valence-electron chi connectivity index (χ1n) is 6.55. The van der Waals surface area contributed by atoms with Crippen molar-refractivity contribution in [1.82, 2.24) is 0 Å². The first kappa shape index (κ1) is 15.0. The fourth-order valence-electron chi connectivity index (χ4n) is 2.24. The van der Waals surface area contributed by atoms with Crippen LogP contribution in [0.3, 0.4) is 0 Å². The minimum Gasteiger partial charge on any atom is -0.478 e. The summed E-state index contributed by atoms with van der Waals surface area (Å²) in [5.74, 6) is -2.45. The molecule has 0 radical (unpaired) electrons. The minimum absolute atomic E-state index is 0.0816. The van der Waals surface area contributed by atoms with E-state index in [1.54, 1.807) is 13.0 Å². The lowest BCUT2D eigenvalue weighted by molar-refractivity contribution is -0.147. The summed E-state index contributed by atoms with van der Waals surface area (Å²) in [6.07, 6.45) is 0.594. The molecule has 0 spiro atoms. The highest BCUT2D eigenvalue weighted by atomic mass is 16.5. The van der Waals surface area contributed by atoms with Gasteiger partial charge in [-0.15, -0.1) is 0 Å². The second-order valence-corrected chi connectivity index (χ2v) is 4.62. The topological polar surface area (TPSA) is 110 Å². The molecule has 1 unspecified atom stereocenters. The third kappa shape index (κ3) is 2.87. The Hall–Kier alpha value is -2.41. The highest BCUT2D eigenvalue weighted by molar-refractivity contribution is 6.10. The zero-order chi connectivity index (χ0) is 15.6. The van der Waals surface area contributed by atoms with Crippen LogP contribution in [0.25, 0.3) is 0 Å². The van der Waals surface area contributed by atoms with Gasteiger partial charge < -0.3 is 20.5 Å². The Morgan fingerprint density at radius 3 is 2.76 bits per heavy atom. The van der Waals surface area contributed by atoms with Crippen molar-refractivity contribution >= 4 is 23.5 Å². The molecule has 0 saturated carbocycles. The van der Waals surface area contributed by atoms with Gasteiger partial charge in [-0.25, -0.2) is 9.59 Å². The lowest BCUT2D eigenvalue weighted by Crippen LogP contribution is -2.48. The van der Waals surface area contributed by atoms with Gasteiger partial charge in [0.25, 0.3) is 5.91 Å². The standard InChI is InChI=1S/C14H16N2O5/c1-2-21-14(20)11(15)12(17)16-6-5-8-3-4-9(13(18)19)7-10(8)16/h3-4,7,11H,2,5-6,15H2,1H3,(H,18,19). The Morgan fingerprint density at radius 2 is 2.14 bits per heavy atom. The third-order valence-corrected chi connectivity index (χ3v) is 3.30. The van der Waals surface area contributed by atoms with Crippen LogP contribution >= 0.6 is 0 Å². The van der Waals surface area contributed by atoms with E-state index >= 15 is 0 Å². The van der Waals surface area contributed by atoms with Crippen LogP contribution in [0.1, 0.15) is 22.8 Å². The number of rotatable bonds is 4. The Morgan fingerprint density at radius 1 is 1.43 bits per heavy atom. The number of amides is 1. The van der Waals surface area contributed by atoms with E-state index in [1.807, 2.05) is 0 Å². The van der Waals surface area contributed by atoms with E-state index in [4.69, 9.17) is 15.6 Å². The van der Waals surface area contributed by atoms with Gasteiger partial charge in [0.15, 0.2) is 6.04 Å². The zero-order valence-electron chi connectivity index (χ0n) is 11.5. The summed E-state index contributed by atoms with van der Waals surface area (Å²) in [5.41, 5.74) is 7.02. The van der Waals surface area contributed by atoms with E-state index in [1.165, 1.54) is 17.0 Å². The summed E-state index contributed by atoms with van der Waals surface area (Å²) in [5, 5.41) is 9.01. The highest BCUT2D eigenvalue weighted by Crippen LogP contribution is 2.29. The Labute approximate surface area is 121 Å². The van der Waals surface area contributed by atoms with Gasteiger partial charge in [-0.2, -0.15) is 0 Å². The molecule has 0 bridgehead atoms. The molecule has 0 saturated heterocycles. The lowest BCUT2D eigenvalue weighted by Gasteiger charge is -2.20. The van der Waals surface area contributed by atoms with Crippen LogP contribution in [0.5, 0.6) is 0 Å². The number of carboxylic acid groups (broad SMARTS) is 1. The summed E-state index contributed by atoms with van der Waals surface area (Å²) in [6.45, 7) is 2.13. The van der Waals surface area contributed by atoms with E-state index in [0.717, 1.165) is 5.56 Å². The van der Waals surface area contributed by atoms with Gasteiger partial charge in [-0.3, -0.25) is 4.79 Å². The van der Waals surface area contributed by atoms with Crippen molar-refractivity contribution in [2.75, 3.05) is 18.1 Å². The van der Waals surface area contributed by atoms with Crippen molar-refractivity contribution in [3.8, 4) is 0 Å². The van der Waals surface area contributed by atoms with E-state index in [2.05, 4.69) is 0 Å². The molecule has 0 aromatic heterocycles. The minimum atomic E-state index is -1.40. The van der Waals surface area contributed by atoms with Crippen LogP contribution in [-0.2, 0) is 20.7 Å². The molecule has 0 fully saturated rings. The normalized spacial score (nSPS) is 14.5. The van der Waals surface area contributed by atoms with Gasteiger partial charge in [0.2, 0.25) is 0 Å². The molecule has 21 heavy (non-hydrogen) atoms.